The van der Waals surface area contributed by atoms with E-state index in [1.165, 1.54) is 22.5 Å². The number of hydrogen-bond donors (Lipinski definition) is 0. The average Bonchev–Trinajstić information content (AvgIpc) is 3.64. The van der Waals surface area contributed by atoms with E-state index in [4.69, 9.17) is 4.74 Å². The summed E-state index contributed by atoms with van der Waals surface area (Å²) in [5.74, 6) is 0.605. The Morgan fingerprint density at radius 3 is 2.38 bits per heavy atom. The van der Waals surface area contributed by atoms with E-state index in [1.807, 2.05) is 27.8 Å². The molecule has 0 radical (unpaired) electrons. The van der Waals surface area contributed by atoms with E-state index in [0.717, 1.165) is 94.4 Å². The number of carbonyl (C=O) groups excluding carboxylic acids is 1. The molecule has 2 aromatic carbocycles. The first-order valence-electron chi connectivity index (χ1n) is 18.4. The number of rotatable bonds is 13. The number of hydrogen-bond acceptors (Lipinski definition) is 7. The highest BCUT2D eigenvalue weighted by Gasteiger charge is 2.44. The van der Waals surface area contributed by atoms with Gasteiger partial charge in [-0.3, -0.25) is 9.94 Å². The summed E-state index contributed by atoms with van der Waals surface area (Å²) in [6.45, 7) is 18.7. The van der Waals surface area contributed by atoms with Crippen molar-refractivity contribution >= 4 is 67.1 Å². The van der Waals surface area contributed by atoms with Crippen molar-refractivity contribution in [2.45, 2.75) is 104 Å². The molecule has 5 rings (SSSR count). The smallest absolute Gasteiger partial charge is 0.414 e. The lowest BCUT2D eigenvalue weighted by Gasteiger charge is -2.28. The van der Waals surface area contributed by atoms with Crippen molar-refractivity contribution in [3.63, 3.8) is 0 Å². The molecule has 1 aliphatic carbocycles. The minimum Gasteiger partial charge on any atom is -0.691 e. The van der Waals surface area contributed by atoms with E-state index in [9.17, 15) is 10.1 Å². The number of ether oxygens (including phenoxy) is 1. The number of halogens is 2. The Morgan fingerprint density at radius 2 is 1.70 bits per heavy atom. The Balaban J connectivity index is 1.59. The van der Waals surface area contributed by atoms with Crippen molar-refractivity contribution in [1.82, 2.24) is 4.90 Å². The number of benzene rings is 2. The van der Waals surface area contributed by atoms with E-state index < -0.39 is 5.60 Å². The number of unbranched alkanes of at least 4 members (excludes halogenated alkanes) is 1. The Bertz CT molecular complexity index is 1870. The van der Waals surface area contributed by atoms with Crippen LogP contribution in [0.2, 0.25) is 0 Å². The van der Waals surface area contributed by atoms with Gasteiger partial charge in [0.2, 0.25) is 5.69 Å². The number of likely N-dealkylation sites (N-methyl/N-ethyl adjacent to an activating group) is 1. The molecule has 0 unspecified atom stereocenters. The molecule has 3 aliphatic rings. The van der Waals surface area contributed by atoms with Gasteiger partial charge in [-0.15, -0.1) is 0 Å². The summed E-state index contributed by atoms with van der Waals surface area (Å²) in [5, 5.41) is 13.9. The van der Waals surface area contributed by atoms with Crippen LogP contribution in [0.3, 0.4) is 0 Å². The molecule has 2 heterocycles. The van der Waals surface area contributed by atoms with Crippen molar-refractivity contribution in [2.75, 3.05) is 30.8 Å². The van der Waals surface area contributed by atoms with Gasteiger partial charge in [0, 0.05) is 81.3 Å². The minimum atomic E-state index is -0.631. The summed E-state index contributed by atoms with van der Waals surface area (Å²) >= 11 is 8.40. The van der Waals surface area contributed by atoms with Gasteiger partial charge in [-0.2, -0.15) is 8.91 Å². The average molecular weight is 872 g/mol. The number of allylic oxidation sites excluding steroid dienone is 7. The van der Waals surface area contributed by atoms with E-state index in [-0.39, 0.29) is 16.9 Å². The lowest BCUT2D eigenvalue weighted by Crippen LogP contribution is -2.34. The molecule has 0 atom stereocenters. The molecular formula is C42H53Br2N3O5S. The van der Waals surface area contributed by atoms with Gasteiger partial charge >= 0.3 is 6.09 Å². The van der Waals surface area contributed by atoms with Crippen molar-refractivity contribution < 1.29 is 28.7 Å². The fourth-order valence-corrected chi connectivity index (χ4v) is 8.75. The predicted molar refractivity (Wildman–Crippen MR) is 221 cm³/mol. The third kappa shape index (κ3) is 9.08. The molecule has 0 fully saturated rings. The zero-order chi connectivity index (χ0) is 38.7. The number of amides is 1. The first-order valence-corrected chi connectivity index (χ1v) is 20.9. The molecule has 2 aromatic rings. The van der Waals surface area contributed by atoms with Crippen LogP contribution < -0.4 is 10.2 Å². The maximum absolute atomic E-state index is 13.7. The highest BCUT2D eigenvalue weighted by Crippen LogP contribution is 2.49. The van der Waals surface area contributed by atoms with Gasteiger partial charge in [0.05, 0.1) is 11.1 Å². The molecule has 0 saturated heterocycles. The van der Waals surface area contributed by atoms with Gasteiger partial charge in [0.25, 0.3) is 0 Å². The third-order valence-corrected chi connectivity index (χ3v) is 11.9. The van der Waals surface area contributed by atoms with Crippen LogP contribution in [0, 0.1) is 0 Å². The van der Waals surface area contributed by atoms with E-state index >= 15 is 0 Å². The van der Waals surface area contributed by atoms with Crippen LogP contribution in [0.15, 0.2) is 92.2 Å². The Labute approximate surface area is 337 Å². The highest BCUT2D eigenvalue weighted by molar-refractivity contribution is 9.10. The second-order valence-corrected chi connectivity index (χ2v) is 18.5. The zero-order valence-corrected chi connectivity index (χ0v) is 36.5. The van der Waals surface area contributed by atoms with Crippen LogP contribution in [-0.2, 0) is 24.9 Å². The molecule has 0 bridgehead atoms. The van der Waals surface area contributed by atoms with E-state index in [2.05, 4.69) is 146 Å². The maximum atomic E-state index is 13.7. The van der Waals surface area contributed by atoms with Gasteiger partial charge in [0.1, 0.15) is 12.1 Å². The first-order chi connectivity index (χ1) is 25.0. The molecule has 1 amide bonds. The van der Waals surface area contributed by atoms with Gasteiger partial charge < -0.3 is 14.9 Å². The molecule has 286 valence electrons. The monoisotopic (exact) mass is 869 g/mol. The predicted octanol–water partition coefficient (Wildman–Crippen LogP) is 10.7. The van der Waals surface area contributed by atoms with Gasteiger partial charge in [-0.1, -0.05) is 83.3 Å². The highest BCUT2D eigenvalue weighted by atomic mass is 79.9. The second kappa shape index (κ2) is 17.0. The topological polar surface area (TPSA) is 77.3 Å². The van der Waals surface area contributed by atoms with E-state index in [1.54, 1.807) is 4.90 Å². The first kappa shape index (κ1) is 41.5. The van der Waals surface area contributed by atoms with Crippen molar-refractivity contribution in [2.24, 2.45) is 0 Å². The number of anilines is 1. The Hall–Kier alpha value is -2.67. The molecule has 8 nitrogen and oxygen atoms in total. The van der Waals surface area contributed by atoms with Gasteiger partial charge in [0.15, 0.2) is 5.71 Å². The third-order valence-electron chi connectivity index (χ3n) is 10.3. The summed E-state index contributed by atoms with van der Waals surface area (Å²) < 4.78 is 14.9. The van der Waals surface area contributed by atoms with Gasteiger partial charge in [-0.25, -0.2) is 4.79 Å². The molecular weight excluding hydrogens is 818 g/mol. The quantitative estimate of drug-likeness (QED) is 0.0652. The second-order valence-electron chi connectivity index (χ2n) is 15.9. The molecule has 0 saturated carbocycles. The zero-order valence-electron chi connectivity index (χ0n) is 32.5. The van der Waals surface area contributed by atoms with Crippen LogP contribution in [0.5, 0.6) is 0 Å². The lowest BCUT2D eigenvalue weighted by atomic mass is 9.81. The van der Waals surface area contributed by atoms with Crippen molar-refractivity contribution in [1.29, 1.82) is 0 Å². The number of nitrogens with zero attached hydrogens (tertiary/aromatic N) is 3. The van der Waals surface area contributed by atoms with Crippen LogP contribution in [0.4, 0.5) is 16.2 Å². The lowest BCUT2D eigenvalue weighted by molar-refractivity contribution is -0.777. The normalized spacial score (nSPS) is 19.3. The van der Waals surface area contributed by atoms with Gasteiger partial charge in [-0.05, 0) is 94.9 Å². The number of carbonyl (C=O) groups is 1. The van der Waals surface area contributed by atoms with Crippen LogP contribution in [0.25, 0.3) is 0 Å². The molecule has 0 N–H and O–H groups in total. The largest absolute Gasteiger partial charge is 0.691 e. The molecule has 11 heteroatoms. The van der Waals surface area contributed by atoms with Crippen molar-refractivity contribution in [3.8, 4) is 0 Å². The summed E-state index contributed by atoms with van der Waals surface area (Å²) in [6, 6.07) is 13.0. The standard InChI is InChI=1S/C42H53Br2N3O5S/c1-10-11-23-46-34-26-30(43)17-19-32(34)41(5,6)36(46)21-15-28-13-14-29(38(28)45(9)39(48)50-40(2,3)4)16-22-37-42(7,8)33-20-18-31(44)27-35(33)47(37)24-12-25-53-52-51-49/h15-22,26-27H,10-14,23-25H2,1-9H3. The van der Waals surface area contributed by atoms with E-state index in [0.29, 0.717) is 5.75 Å². The summed E-state index contributed by atoms with van der Waals surface area (Å²) in [6.07, 6.45) is 13.1. The molecule has 53 heavy (non-hydrogen) atoms. The fourth-order valence-electron chi connectivity index (χ4n) is 7.70. The summed E-state index contributed by atoms with van der Waals surface area (Å²) in [4.78, 5) is 17.8. The van der Waals surface area contributed by atoms with Crippen molar-refractivity contribution in [3.05, 3.63) is 103 Å². The SMILES string of the molecule is CCCCN1/C(=C/C=C2\CCC(/C=C/C3=[N+](CCCSOO[O-])c4cc(Br)ccc4C3(C)C)=C2N(C)C(=O)OC(C)(C)C)C(C)(C)c2ccc(Br)cc21. The number of fused-ring (bicyclic) bond motifs is 2. The van der Waals surface area contributed by atoms with Crippen LogP contribution in [0.1, 0.15) is 98.6 Å². The fraction of sp³-hybridized carbons (Fsp3) is 0.476. The Kier molecular flexibility index (Phi) is 13.3. The molecule has 2 aliphatic heterocycles. The minimum absolute atomic E-state index is 0.187. The maximum Gasteiger partial charge on any atom is 0.414 e. The summed E-state index contributed by atoms with van der Waals surface area (Å²) in [7, 11) is 1.82. The molecule has 0 aromatic heterocycles. The summed E-state index contributed by atoms with van der Waals surface area (Å²) in [5.41, 5.74) is 9.35. The Morgan fingerprint density at radius 1 is 1.00 bits per heavy atom. The van der Waals surface area contributed by atoms with Crippen LogP contribution >= 0.6 is 43.9 Å². The van der Waals surface area contributed by atoms with Crippen LogP contribution in [-0.4, -0.2) is 52.8 Å². The molecule has 0 spiro atoms.